The number of thiophene rings is 1. The van der Waals surface area contributed by atoms with Gasteiger partial charge in [0.05, 0.1) is 5.02 Å². The minimum atomic E-state index is -0.729. The fourth-order valence-electron chi connectivity index (χ4n) is 2.14. The lowest BCUT2D eigenvalue weighted by atomic mass is 9.99. The largest absolute Gasteiger partial charge is 0.480 e. The summed E-state index contributed by atoms with van der Waals surface area (Å²) in [5, 5.41) is 11.9. The van der Waals surface area contributed by atoms with Crippen LogP contribution in [0.25, 0.3) is 0 Å². The monoisotopic (exact) mass is 259 g/mol. The van der Waals surface area contributed by atoms with E-state index >= 15 is 0 Å². The number of hydrogen-bond donors (Lipinski definition) is 1. The van der Waals surface area contributed by atoms with Crippen molar-refractivity contribution in [3.05, 3.63) is 21.3 Å². The van der Waals surface area contributed by atoms with Crippen LogP contribution in [0, 0.1) is 0 Å². The molecule has 16 heavy (non-hydrogen) atoms. The first-order chi connectivity index (χ1) is 7.52. The van der Waals surface area contributed by atoms with E-state index in [4.69, 9.17) is 11.6 Å². The van der Waals surface area contributed by atoms with Crippen LogP contribution in [0.4, 0.5) is 0 Å². The van der Waals surface area contributed by atoms with Crippen molar-refractivity contribution >= 4 is 28.9 Å². The van der Waals surface area contributed by atoms with Crippen LogP contribution in [0.3, 0.4) is 0 Å². The van der Waals surface area contributed by atoms with E-state index in [0.29, 0.717) is 6.54 Å². The standard InChI is InChI=1S/C11H14ClNO2S/c1-11(10(14)15)3-2-4-13(11)6-9-5-8(12)7-16-9/h5,7H,2-4,6H2,1H3,(H,14,15). The van der Waals surface area contributed by atoms with Gasteiger partial charge in [0, 0.05) is 16.8 Å². The van der Waals surface area contributed by atoms with Gasteiger partial charge in [0.25, 0.3) is 0 Å². The average Bonchev–Trinajstić information content (AvgIpc) is 2.76. The quantitative estimate of drug-likeness (QED) is 0.908. The highest BCUT2D eigenvalue weighted by Crippen LogP contribution is 2.32. The normalized spacial score (nSPS) is 26.1. The number of carbonyl (C=O) groups is 1. The van der Waals surface area contributed by atoms with Gasteiger partial charge >= 0.3 is 5.97 Å². The summed E-state index contributed by atoms with van der Waals surface area (Å²) in [5.41, 5.74) is -0.712. The Labute approximate surface area is 104 Å². The lowest BCUT2D eigenvalue weighted by molar-refractivity contribution is -0.148. The predicted molar refractivity (Wildman–Crippen MR) is 65.0 cm³/mol. The highest BCUT2D eigenvalue weighted by molar-refractivity contribution is 7.10. The van der Waals surface area contributed by atoms with Gasteiger partial charge < -0.3 is 5.11 Å². The second-order valence-corrected chi connectivity index (χ2v) is 5.77. The van der Waals surface area contributed by atoms with Crippen molar-refractivity contribution in [2.45, 2.75) is 31.8 Å². The first-order valence-electron chi connectivity index (χ1n) is 5.24. The maximum absolute atomic E-state index is 11.3. The number of nitrogens with zero attached hydrogens (tertiary/aromatic N) is 1. The summed E-state index contributed by atoms with van der Waals surface area (Å²) in [4.78, 5) is 14.4. The Bertz CT molecular complexity index is 406. The molecule has 2 heterocycles. The topological polar surface area (TPSA) is 40.5 Å². The molecule has 1 fully saturated rings. The second kappa shape index (κ2) is 4.35. The maximum atomic E-state index is 11.3. The first kappa shape index (κ1) is 11.9. The van der Waals surface area contributed by atoms with E-state index < -0.39 is 11.5 Å². The van der Waals surface area contributed by atoms with E-state index in [1.807, 2.05) is 16.3 Å². The lowest BCUT2D eigenvalue weighted by Crippen LogP contribution is -2.47. The van der Waals surface area contributed by atoms with Crippen molar-refractivity contribution < 1.29 is 9.90 Å². The summed E-state index contributed by atoms with van der Waals surface area (Å²) in [7, 11) is 0. The van der Waals surface area contributed by atoms with Crippen LogP contribution in [0.15, 0.2) is 11.4 Å². The highest BCUT2D eigenvalue weighted by Gasteiger charge is 2.43. The molecular formula is C11H14ClNO2S. The molecule has 1 unspecified atom stereocenters. The van der Waals surface area contributed by atoms with Gasteiger partial charge in [-0.1, -0.05) is 11.6 Å². The van der Waals surface area contributed by atoms with Crippen LogP contribution in [0.5, 0.6) is 0 Å². The van der Waals surface area contributed by atoms with Crippen molar-refractivity contribution in [3.63, 3.8) is 0 Å². The predicted octanol–water partition coefficient (Wildman–Crippen LogP) is 2.84. The number of hydrogen-bond acceptors (Lipinski definition) is 3. The Kier molecular flexibility index (Phi) is 3.24. The van der Waals surface area contributed by atoms with E-state index in [0.717, 1.165) is 29.3 Å². The Hall–Kier alpha value is -0.580. The number of halogens is 1. The van der Waals surface area contributed by atoms with Crippen LogP contribution in [0.1, 0.15) is 24.6 Å². The van der Waals surface area contributed by atoms with Gasteiger partial charge in [-0.15, -0.1) is 11.3 Å². The summed E-state index contributed by atoms with van der Waals surface area (Å²) < 4.78 is 0. The molecule has 1 aromatic heterocycles. The SMILES string of the molecule is CC1(C(=O)O)CCCN1Cc1cc(Cl)cs1. The molecule has 0 bridgehead atoms. The number of carboxylic acid groups (broad SMARTS) is 1. The highest BCUT2D eigenvalue weighted by atomic mass is 35.5. The maximum Gasteiger partial charge on any atom is 0.323 e. The van der Waals surface area contributed by atoms with Crippen LogP contribution in [-0.2, 0) is 11.3 Å². The Morgan fingerprint density at radius 1 is 1.75 bits per heavy atom. The summed E-state index contributed by atoms with van der Waals surface area (Å²) in [6.45, 7) is 3.33. The van der Waals surface area contributed by atoms with Crippen molar-refractivity contribution in [1.82, 2.24) is 4.90 Å². The third-order valence-electron chi connectivity index (χ3n) is 3.22. The second-order valence-electron chi connectivity index (χ2n) is 4.34. The number of rotatable bonds is 3. The van der Waals surface area contributed by atoms with Crippen LogP contribution < -0.4 is 0 Å². The van der Waals surface area contributed by atoms with E-state index in [1.165, 1.54) is 0 Å². The zero-order chi connectivity index (χ0) is 11.8. The average molecular weight is 260 g/mol. The third kappa shape index (κ3) is 2.10. The molecule has 0 spiro atoms. The lowest BCUT2D eigenvalue weighted by Gasteiger charge is -2.30. The molecule has 88 valence electrons. The zero-order valence-electron chi connectivity index (χ0n) is 9.07. The van der Waals surface area contributed by atoms with Gasteiger partial charge in [0.1, 0.15) is 5.54 Å². The molecule has 1 N–H and O–H groups in total. The van der Waals surface area contributed by atoms with Crippen molar-refractivity contribution in [1.29, 1.82) is 0 Å². The van der Waals surface area contributed by atoms with Gasteiger partial charge in [-0.2, -0.15) is 0 Å². The number of carboxylic acids is 1. The molecule has 5 heteroatoms. The van der Waals surface area contributed by atoms with Gasteiger partial charge in [-0.05, 0) is 32.4 Å². The van der Waals surface area contributed by atoms with E-state index in [1.54, 1.807) is 18.3 Å². The molecule has 2 rings (SSSR count). The molecular weight excluding hydrogens is 246 g/mol. The number of aliphatic carboxylic acids is 1. The zero-order valence-corrected chi connectivity index (χ0v) is 10.6. The van der Waals surface area contributed by atoms with E-state index in [9.17, 15) is 9.90 Å². The summed E-state index contributed by atoms with van der Waals surface area (Å²) in [5.74, 6) is -0.729. The van der Waals surface area contributed by atoms with Gasteiger partial charge in [0.15, 0.2) is 0 Å². The molecule has 0 aliphatic carbocycles. The van der Waals surface area contributed by atoms with Crippen LogP contribution in [-0.4, -0.2) is 28.1 Å². The summed E-state index contributed by atoms with van der Waals surface area (Å²) >= 11 is 7.44. The molecule has 1 aliphatic rings. The van der Waals surface area contributed by atoms with Gasteiger partial charge in [0.2, 0.25) is 0 Å². The van der Waals surface area contributed by atoms with E-state index in [-0.39, 0.29) is 0 Å². The molecule has 1 aromatic rings. The molecule has 0 saturated carbocycles. The fourth-order valence-corrected chi connectivity index (χ4v) is 3.23. The molecule has 0 radical (unpaired) electrons. The Morgan fingerprint density at radius 2 is 2.50 bits per heavy atom. The van der Waals surface area contributed by atoms with Crippen molar-refractivity contribution in [2.75, 3.05) is 6.54 Å². The number of likely N-dealkylation sites (tertiary alicyclic amines) is 1. The Balaban J connectivity index is 2.12. The minimum absolute atomic E-state index is 0.681. The van der Waals surface area contributed by atoms with Crippen molar-refractivity contribution in [2.24, 2.45) is 0 Å². The van der Waals surface area contributed by atoms with Crippen molar-refractivity contribution in [3.8, 4) is 0 Å². The molecule has 0 aromatic carbocycles. The molecule has 1 aliphatic heterocycles. The third-order valence-corrected chi connectivity index (χ3v) is 4.49. The molecule has 0 amide bonds. The van der Waals surface area contributed by atoms with Crippen LogP contribution >= 0.6 is 22.9 Å². The van der Waals surface area contributed by atoms with Gasteiger partial charge in [-0.25, -0.2) is 0 Å². The van der Waals surface area contributed by atoms with Gasteiger partial charge in [-0.3, -0.25) is 9.69 Å². The van der Waals surface area contributed by atoms with Crippen LogP contribution in [0.2, 0.25) is 5.02 Å². The molecule has 3 nitrogen and oxygen atoms in total. The smallest absolute Gasteiger partial charge is 0.323 e. The Morgan fingerprint density at radius 3 is 3.06 bits per heavy atom. The summed E-state index contributed by atoms with van der Waals surface area (Å²) in [6, 6.07) is 1.91. The molecule has 1 atom stereocenters. The van der Waals surface area contributed by atoms with E-state index in [2.05, 4.69) is 0 Å². The molecule has 1 saturated heterocycles. The first-order valence-corrected chi connectivity index (χ1v) is 6.49. The summed E-state index contributed by atoms with van der Waals surface area (Å²) in [6.07, 6.45) is 1.67. The minimum Gasteiger partial charge on any atom is -0.480 e. The fraction of sp³-hybridized carbons (Fsp3) is 0.545.